The van der Waals surface area contributed by atoms with E-state index in [1.54, 1.807) is 19.5 Å². The Kier molecular flexibility index (Phi) is 6.06. The van der Waals surface area contributed by atoms with Crippen molar-refractivity contribution in [2.75, 3.05) is 12.5 Å². The molecule has 1 N–H and O–H groups in total. The number of hydrogen-bond acceptors (Lipinski definition) is 5. The molecule has 0 unspecified atom stereocenters. The van der Waals surface area contributed by atoms with Gasteiger partial charge in [0.15, 0.2) is 11.5 Å². The lowest BCUT2D eigenvalue weighted by Crippen LogP contribution is -1.99. The van der Waals surface area contributed by atoms with Gasteiger partial charge in [-0.15, -0.1) is 0 Å². The second-order valence-corrected chi connectivity index (χ2v) is 5.85. The van der Waals surface area contributed by atoms with E-state index in [1.807, 2.05) is 60.7 Å². The third-order valence-electron chi connectivity index (χ3n) is 3.53. The fraction of sp³-hybridized carbons (Fsp3) is 0.100. The number of nitrogens with zero attached hydrogens (tertiary/aromatic N) is 2. The molecule has 0 fully saturated rings. The van der Waals surface area contributed by atoms with Gasteiger partial charge in [0.2, 0.25) is 0 Å². The first kappa shape index (κ1) is 17.8. The van der Waals surface area contributed by atoms with Gasteiger partial charge in [0.05, 0.1) is 13.3 Å². The smallest absolute Gasteiger partial charge is 0.161 e. The van der Waals surface area contributed by atoms with Crippen molar-refractivity contribution in [3.8, 4) is 11.5 Å². The van der Waals surface area contributed by atoms with Crippen LogP contribution in [0.2, 0.25) is 5.02 Å². The summed E-state index contributed by atoms with van der Waals surface area (Å²) in [7, 11) is 1.61. The van der Waals surface area contributed by atoms with Gasteiger partial charge in [-0.25, -0.2) is 4.98 Å². The second-order valence-electron chi connectivity index (χ2n) is 5.41. The van der Waals surface area contributed by atoms with Gasteiger partial charge in [-0.1, -0.05) is 29.8 Å². The molecule has 3 rings (SSSR count). The van der Waals surface area contributed by atoms with Crippen molar-refractivity contribution in [3.05, 3.63) is 83.0 Å². The molecule has 0 spiro atoms. The van der Waals surface area contributed by atoms with Gasteiger partial charge in [-0.05, 0) is 53.6 Å². The second kappa shape index (κ2) is 8.87. The summed E-state index contributed by atoms with van der Waals surface area (Å²) < 4.78 is 11.3. The summed E-state index contributed by atoms with van der Waals surface area (Å²) in [6.45, 7) is 0.408. The lowest BCUT2D eigenvalue weighted by Gasteiger charge is -2.11. The molecule has 6 heteroatoms. The third kappa shape index (κ3) is 4.97. The Labute approximate surface area is 157 Å². The number of hydrogen-bond donors (Lipinski definition) is 1. The molecule has 132 valence electrons. The first-order valence-electron chi connectivity index (χ1n) is 8.00. The molecule has 0 amide bonds. The molecule has 1 heterocycles. The minimum absolute atomic E-state index is 0.408. The third-order valence-corrected chi connectivity index (χ3v) is 3.76. The van der Waals surface area contributed by atoms with Crippen LogP contribution in [0.5, 0.6) is 11.5 Å². The lowest BCUT2D eigenvalue weighted by atomic mass is 10.2. The molecule has 0 atom stereocenters. The summed E-state index contributed by atoms with van der Waals surface area (Å²) in [5.74, 6) is 1.97. The molecule has 5 nitrogen and oxygen atoms in total. The highest BCUT2D eigenvalue weighted by atomic mass is 35.5. The Morgan fingerprint density at radius 2 is 2.00 bits per heavy atom. The molecule has 1 aromatic heterocycles. The summed E-state index contributed by atoms with van der Waals surface area (Å²) in [4.78, 5) is 4.14. The van der Waals surface area contributed by atoms with Crippen molar-refractivity contribution in [2.24, 2.45) is 5.10 Å². The predicted octanol–water partition coefficient (Wildman–Crippen LogP) is 4.77. The maximum atomic E-state index is 5.99. The van der Waals surface area contributed by atoms with Crippen molar-refractivity contribution in [1.29, 1.82) is 0 Å². The summed E-state index contributed by atoms with van der Waals surface area (Å²) >= 11 is 5.99. The average Bonchev–Trinajstić information content (AvgIpc) is 2.67. The zero-order chi connectivity index (χ0) is 18.2. The number of halogens is 1. The number of aromatic nitrogens is 1. The van der Waals surface area contributed by atoms with Crippen LogP contribution in [0.15, 0.2) is 72.0 Å². The van der Waals surface area contributed by atoms with E-state index in [-0.39, 0.29) is 0 Å². The van der Waals surface area contributed by atoms with Gasteiger partial charge >= 0.3 is 0 Å². The maximum absolute atomic E-state index is 5.99. The van der Waals surface area contributed by atoms with Crippen molar-refractivity contribution in [3.63, 3.8) is 0 Å². The van der Waals surface area contributed by atoms with Crippen LogP contribution in [-0.4, -0.2) is 18.3 Å². The van der Waals surface area contributed by atoms with Crippen LogP contribution in [0.25, 0.3) is 0 Å². The van der Waals surface area contributed by atoms with Crippen LogP contribution in [0.3, 0.4) is 0 Å². The fourth-order valence-corrected chi connectivity index (χ4v) is 2.49. The number of nitrogens with one attached hydrogen (secondary N) is 1. The quantitative estimate of drug-likeness (QED) is 0.483. The molecule has 0 saturated carbocycles. The Morgan fingerprint density at radius 3 is 2.77 bits per heavy atom. The Morgan fingerprint density at radius 1 is 1.08 bits per heavy atom. The highest BCUT2D eigenvalue weighted by Crippen LogP contribution is 2.28. The fourth-order valence-electron chi connectivity index (χ4n) is 2.27. The molecule has 0 aliphatic rings. The Hall–Kier alpha value is -3.05. The van der Waals surface area contributed by atoms with E-state index in [4.69, 9.17) is 21.1 Å². The topological polar surface area (TPSA) is 55.7 Å². The number of pyridine rings is 1. The molecule has 0 saturated heterocycles. The minimum atomic E-state index is 0.408. The number of rotatable bonds is 7. The minimum Gasteiger partial charge on any atom is -0.493 e. The highest BCUT2D eigenvalue weighted by molar-refractivity contribution is 6.30. The summed E-state index contributed by atoms with van der Waals surface area (Å²) in [6.07, 6.45) is 3.39. The number of hydrazone groups is 1. The number of benzene rings is 2. The summed E-state index contributed by atoms with van der Waals surface area (Å²) in [5.41, 5.74) is 4.74. The zero-order valence-electron chi connectivity index (χ0n) is 14.2. The first-order chi connectivity index (χ1) is 12.7. The van der Waals surface area contributed by atoms with Gasteiger partial charge in [0, 0.05) is 11.2 Å². The largest absolute Gasteiger partial charge is 0.493 e. The molecule has 0 bridgehead atoms. The van der Waals surface area contributed by atoms with E-state index in [9.17, 15) is 0 Å². The van der Waals surface area contributed by atoms with Gasteiger partial charge < -0.3 is 9.47 Å². The van der Waals surface area contributed by atoms with Crippen molar-refractivity contribution >= 4 is 23.6 Å². The predicted molar refractivity (Wildman–Crippen MR) is 104 cm³/mol. The molecule has 2 aromatic carbocycles. The Bertz CT molecular complexity index is 885. The van der Waals surface area contributed by atoms with E-state index in [0.717, 1.165) is 11.1 Å². The zero-order valence-corrected chi connectivity index (χ0v) is 15.0. The van der Waals surface area contributed by atoms with Crippen LogP contribution in [0.4, 0.5) is 5.82 Å². The summed E-state index contributed by atoms with van der Waals surface area (Å²) in [6, 6.07) is 18.8. The monoisotopic (exact) mass is 367 g/mol. The van der Waals surface area contributed by atoms with Crippen molar-refractivity contribution in [2.45, 2.75) is 6.61 Å². The van der Waals surface area contributed by atoms with E-state index >= 15 is 0 Å². The Balaban J connectivity index is 1.65. The molecule has 0 aliphatic carbocycles. The van der Waals surface area contributed by atoms with E-state index in [2.05, 4.69) is 15.5 Å². The molecule has 26 heavy (non-hydrogen) atoms. The first-order valence-corrected chi connectivity index (χ1v) is 8.38. The van der Waals surface area contributed by atoms with Crippen LogP contribution in [0, 0.1) is 0 Å². The van der Waals surface area contributed by atoms with E-state index < -0.39 is 0 Å². The van der Waals surface area contributed by atoms with Crippen molar-refractivity contribution in [1.82, 2.24) is 4.98 Å². The SMILES string of the molecule is COc1cc(/C=N/Nc2ccccn2)ccc1OCc1cccc(Cl)c1. The lowest BCUT2D eigenvalue weighted by molar-refractivity contribution is 0.284. The molecule has 3 aromatic rings. The van der Waals surface area contributed by atoms with Crippen LogP contribution >= 0.6 is 11.6 Å². The van der Waals surface area contributed by atoms with E-state index in [0.29, 0.717) is 28.9 Å². The van der Waals surface area contributed by atoms with E-state index in [1.165, 1.54) is 0 Å². The molecule has 0 radical (unpaired) electrons. The van der Waals surface area contributed by atoms with Crippen molar-refractivity contribution < 1.29 is 9.47 Å². The van der Waals surface area contributed by atoms with Gasteiger partial charge in [-0.2, -0.15) is 5.10 Å². The average molecular weight is 368 g/mol. The van der Waals surface area contributed by atoms with Crippen LogP contribution < -0.4 is 14.9 Å². The van der Waals surface area contributed by atoms with Gasteiger partial charge in [0.25, 0.3) is 0 Å². The number of ether oxygens (including phenoxy) is 2. The van der Waals surface area contributed by atoms with Crippen LogP contribution in [0.1, 0.15) is 11.1 Å². The summed E-state index contributed by atoms with van der Waals surface area (Å²) in [5, 5.41) is 4.86. The molecular formula is C20H18ClN3O2. The van der Waals surface area contributed by atoms with Gasteiger partial charge in [-0.3, -0.25) is 5.43 Å². The number of anilines is 1. The number of methoxy groups -OCH3 is 1. The normalized spacial score (nSPS) is 10.7. The standard InChI is InChI=1S/C20H18ClN3O2/c1-25-19-12-15(13-23-24-20-7-2-3-10-22-20)8-9-18(19)26-14-16-5-4-6-17(21)11-16/h2-13H,14H2,1H3,(H,22,24)/b23-13+. The van der Waals surface area contributed by atoms with Crippen LogP contribution in [-0.2, 0) is 6.61 Å². The molecular weight excluding hydrogens is 350 g/mol. The van der Waals surface area contributed by atoms with Gasteiger partial charge in [0.1, 0.15) is 12.4 Å². The molecule has 0 aliphatic heterocycles. The maximum Gasteiger partial charge on any atom is 0.161 e. The highest BCUT2D eigenvalue weighted by Gasteiger charge is 2.06.